The van der Waals surface area contributed by atoms with Crippen molar-refractivity contribution in [2.75, 3.05) is 0 Å². The Hall–Kier alpha value is -1.19. The number of aliphatic carboxylic acids is 1. The number of ether oxygens (including phenoxy) is 5. The van der Waals surface area contributed by atoms with Crippen molar-refractivity contribution in [3.8, 4) is 0 Å². The van der Waals surface area contributed by atoms with Crippen LogP contribution in [0.15, 0.2) is 24.8 Å². The van der Waals surface area contributed by atoms with E-state index in [2.05, 4.69) is 25.7 Å². The van der Waals surface area contributed by atoms with E-state index in [9.17, 15) is 29.7 Å². The second-order valence-electron chi connectivity index (χ2n) is 18.6. The van der Waals surface area contributed by atoms with Gasteiger partial charge in [-0.25, -0.2) is 0 Å². The summed E-state index contributed by atoms with van der Waals surface area (Å²) < 4.78 is 34.1. The first-order valence-electron chi connectivity index (χ1n) is 21.9. The zero-order valence-corrected chi connectivity index (χ0v) is 39.2. The molecule has 0 radical (unpaired) electrons. The molecule has 12 nitrogen and oxygen atoms in total. The Bertz CT molecular complexity index is 1500. The van der Waals surface area contributed by atoms with Gasteiger partial charge in [0.15, 0.2) is 11.6 Å². The predicted octanol–water partition coefficient (Wildman–Crippen LogP) is 2.17. The average molecular weight is 826 g/mol. The van der Waals surface area contributed by atoms with Crippen molar-refractivity contribution < 1.29 is 82.9 Å². The second-order valence-corrected chi connectivity index (χ2v) is 18.6. The zero-order valence-electron chi connectivity index (χ0n) is 37.2. The summed E-state index contributed by atoms with van der Waals surface area (Å²) in [6.45, 7) is 23.2. The van der Waals surface area contributed by atoms with Crippen molar-refractivity contribution >= 4 is 17.7 Å². The number of hydrogen-bond donors (Lipinski definition) is 3. The van der Waals surface area contributed by atoms with Crippen LogP contribution in [0.1, 0.15) is 133 Å². The van der Waals surface area contributed by atoms with Gasteiger partial charge in [0.1, 0.15) is 11.8 Å². The number of hydrogen-bond acceptors (Lipinski definition) is 11. The number of Topliss-reactive ketones (excluding diaryl/α,β-unsaturated/α-hetero) is 1. The maximum Gasteiger partial charge on any atom is 1.00 e. The van der Waals surface area contributed by atoms with Crippen LogP contribution in [-0.2, 0) is 38.1 Å². The summed E-state index contributed by atoms with van der Waals surface area (Å²) in [7, 11) is 0. The van der Waals surface area contributed by atoms with E-state index in [1.54, 1.807) is 6.92 Å². The molecule has 0 aromatic rings. The molecule has 5 rings (SSSR count). The molecule has 0 unspecified atom stereocenters. The molecule has 0 aromatic heterocycles. The summed E-state index contributed by atoms with van der Waals surface area (Å²) >= 11 is 0. The molecule has 2 spiro atoms. The van der Waals surface area contributed by atoms with Gasteiger partial charge in [0, 0.05) is 42.0 Å². The molecule has 58 heavy (non-hydrogen) atoms. The first-order valence-corrected chi connectivity index (χ1v) is 21.9. The van der Waals surface area contributed by atoms with Crippen molar-refractivity contribution in [3.05, 3.63) is 24.8 Å². The van der Waals surface area contributed by atoms with Crippen LogP contribution in [0.5, 0.6) is 0 Å². The van der Waals surface area contributed by atoms with Crippen LogP contribution >= 0.6 is 0 Å². The van der Waals surface area contributed by atoms with E-state index in [1.165, 1.54) is 6.08 Å². The minimum Gasteiger partial charge on any atom is -0.550 e. The average Bonchev–Trinajstić information content (AvgIpc) is 3.52. The summed E-state index contributed by atoms with van der Waals surface area (Å²) in [6.07, 6.45) is 7.48. The molecular weight excluding hydrogens is 753 g/mol. The predicted molar refractivity (Wildman–Crippen MR) is 212 cm³/mol. The second kappa shape index (κ2) is 19.5. The van der Waals surface area contributed by atoms with E-state index >= 15 is 0 Å². The van der Waals surface area contributed by atoms with Gasteiger partial charge in [-0.2, -0.15) is 0 Å². The van der Waals surface area contributed by atoms with E-state index in [-0.39, 0.29) is 71.2 Å². The van der Waals surface area contributed by atoms with E-state index in [0.717, 1.165) is 6.42 Å². The number of amides is 1. The summed E-state index contributed by atoms with van der Waals surface area (Å²) in [5.41, 5.74) is -1.69. The van der Waals surface area contributed by atoms with Crippen LogP contribution in [-0.4, -0.2) is 93.3 Å². The van der Waals surface area contributed by atoms with Gasteiger partial charge < -0.3 is 49.1 Å². The molecule has 0 saturated carbocycles. The van der Waals surface area contributed by atoms with Crippen LogP contribution < -0.4 is 40.0 Å². The molecular formula is C45H72NNaO11. The van der Waals surface area contributed by atoms with E-state index in [1.807, 2.05) is 60.6 Å². The molecule has 13 heteroatoms. The van der Waals surface area contributed by atoms with Gasteiger partial charge in [-0.3, -0.25) is 9.59 Å². The molecule has 5 aliphatic rings. The maximum absolute atomic E-state index is 14.6. The first kappa shape index (κ1) is 49.5. The van der Waals surface area contributed by atoms with Crippen LogP contribution in [0.2, 0.25) is 0 Å². The Morgan fingerprint density at radius 3 is 2.21 bits per heavy atom. The van der Waals surface area contributed by atoms with Gasteiger partial charge in [-0.15, -0.1) is 0 Å². The minimum atomic E-state index is -1.32. The monoisotopic (exact) mass is 826 g/mol. The number of aliphatic hydroxyl groups excluding tert-OH is 1. The van der Waals surface area contributed by atoms with Crippen molar-refractivity contribution in [2.45, 2.75) is 199 Å². The van der Waals surface area contributed by atoms with Gasteiger partial charge in [0.05, 0.1) is 47.8 Å². The molecule has 1 amide bonds. The summed E-state index contributed by atoms with van der Waals surface area (Å²) in [6, 6.07) is -0.665. The maximum atomic E-state index is 14.6. The standard InChI is InChI=1S/C45H73NO11.Na/c1-12-31(41(50)51)33-17-16-25(5)39(54-33)29(9)37(48)28(8)38(49)32(13-2)40-26(6)24-27(7)44(55-40)21-18-34(46-36(47)14-3)45(57-44)23-22-42(11,56-45)35-19-20-43(52,15-4)30(10)53-35;/h14,18,21,25-35,37,39-40,48,52H,3,12-13,15-17,19-20,22-24H2,1-2,4-11H3,(H,46,47)(H,50,51);/q;+1/p-1/t25-,26-,27+,28-,29-,30-,31+,32-,33+,34-,35+,37+,39+,40-,42-,43+,44-,45-;/m0./s1. The largest absolute Gasteiger partial charge is 1.00 e. The number of carboxylic acids is 1. The Labute approximate surface area is 369 Å². The molecule has 4 saturated heterocycles. The number of nitrogens with one attached hydrogen (secondary N) is 1. The molecule has 4 fully saturated rings. The topological polar surface area (TPSA) is 173 Å². The Morgan fingerprint density at radius 1 is 0.948 bits per heavy atom. The number of carboxylic acid groups (broad SMARTS) is 1. The minimum absolute atomic E-state index is 0. The van der Waals surface area contributed by atoms with Crippen molar-refractivity contribution in [3.63, 3.8) is 0 Å². The number of rotatable bonds is 14. The smallest absolute Gasteiger partial charge is 0.550 e. The summed E-state index contributed by atoms with van der Waals surface area (Å²) in [4.78, 5) is 39.2. The molecule has 5 aliphatic heterocycles. The Morgan fingerprint density at radius 2 is 1.62 bits per heavy atom. The van der Waals surface area contributed by atoms with Gasteiger partial charge in [-0.1, -0.05) is 68.0 Å². The summed E-state index contributed by atoms with van der Waals surface area (Å²) in [5, 5.41) is 37.8. The number of carbonyl (C=O) groups is 3. The number of aliphatic hydroxyl groups is 2. The third-order valence-corrected chi connectivity index (χ3v) is 14.9. The molecule has 324 valence electrons. The van der Waals surface area contributed by atoms with E-state index < -0.39 is 82.9 Å². The van der Waals surface area contributed by atoms with E-state index in [0.29, 0.717) is 57.8 Å². The normalized spacial score (nSPS) is 42.8. The van der Waals surface area contributed by atoms with Crippen LogP contribution in [0.4, 0.5) is 0 Å². The SMILES string of the molecule is C=CC(=O)N[C@H]1C=C[C@]2(O[C@H]([C@@H](CC)C(=O)[C@@H](C)[C@@H](O)[C@H](C)[C@@H]3O[C@@H]([C@@H](CC)C(=O)[O-])CC[C@@H]3C)[C@@H](C)C[C@H]2C)O[C@@]12CC[C@@](C)([C@H]1CC[C@](O)(CC)[C@H](C)O1)O2.[Na+]. The Kier molecular flexibility index (Phi) is 16.6. The van der Waals surface area contributed by atoms with Gasteiger partial charge in [0.25, 0.3) is 0 Å². The zero-order chi connectivity index (χ0) is 42.2. The fourth-order valence-electron chi connectivity index (χ4n) is 10.9. The van der Waals surface area contributed by atoms with Crippen LogP contribution in [0, 0.1) is 41.4 Å². The van der Waals surface area contributed by atoms with Crippen LogP contribution in [0.3, 0.4) is 0 Å². The first-order chi connectivity index (χ1) is 26.7. The fourth-order valence-corrected chi connectivity index (χ4v) is 10.9. The molecule has 0 bridgehead atoms. The molecule has 18 atom stereocenters. The molecule has 3 N–H and O–H groups in total. The van der Waals surface area contributed by atoms with Crippen molar-refractivity contribution in [1.82, 2.24) is 5.32 Å². The quantitative estimate of drug-likeness (QED) is 0.133. The number of ketones is 1. The third kappa shape index (κ3) is 9.57. The number of carbonyl (C=O) groups excluding carboxylic acids is 3. The molecule has 0 aromatic carbocycles. The van der Waals surface area contributed by atoms with Crippen LogP contribution in [0.25, 0.3) is 0 Å². The Balaban J connectivity index is 0.00000744. The van der Waals surface area contributed by atoms with Gasteiger partial charge >= 0.3 is 29.6 Å². The fraction of sp³-hybridized carbons (Fsp3) is 0.844. The van der Waals surface area contributed by atoms with Crippen molar-refractivity contribution in [1.29, 1.82) is 0 Å². The third-order valence-electron chi connectivity index (χ3n) is 14.9. The molecule has 0 aliphatic carbocycles. The summed E-state index contributed by atoms with van der Waals surface area (Å²) in [5.74, 6) is -6.75. The van der Waals surface area contributed by atoms with Crippen molar-refractivity contribution in [2.24, 2.45) is 41.4 Å². The molecule has 5 heterocycles. The van der Waals surface area contributed by atoms with Gasteiger partial charge in [0.2, 0.25) is 5.91 Å². The van der Waals surface area contributed by atoms with E-state index in [4.69, 9.17) is 23.7 Å². The van der Waals surface area contributed by atoms with Gasteiger partial charge in [-0.05, 0) is 95.6 Å².